The predicted molar refractivity (Wildman–Crippen MR) is 100.0 cm³/mol. The summed E-state index contributed by atoms with van der Waals surface area (Å²) in [6.45, 7) is 0.300. The minimum Gasteiger partial charge on any atom is -0.308 e. The van der Waals surface area contributed by atoms with Crippen LogP contribution in [0.25, 0.3) is 5.69 Å². The molecule has 0 spiro atoms. The number of rotatable bonds is 4. The maximum Gasteiger partial charge on any atom is 0.255 e. The van der Waals surface area contributed by atoms with Crippen LogP contribution in [0, 0.1) is 5.82 Å². The van der Waals surface area contributed by atoms with Gasteiger partial charge in [0.25, 0.3) is 5.56 Å². The fraction of sp³-hybridized carbons (Fsp3) is 0.333. The molecule has 1 unspecified atom stereocenters. The molecule has 2 aromatic rings. The summed E-state index contributed by atoms with van der Waals surface area (Å²) in [7, 11) is -2.19. The summed E-state index contributed by atoms with van der Waals surface area (Å²) in [4.78, 5) is 25.9. The van der Waals surface area contributed by atoms with Crippen molar-refractivity contribution in [3.63, 3.8) is 0 Å². The molecule has 27 heavy (non-hydrogen) atoms. The third-order valence-electron chi connectivity index (χ3n) is 4.70. The fourth-order valence-electron chi connectivity index (χ4n) is 3.17. The van der Waals surface area contributed by atoms with Crippen molar-refractivity contribution >= 4 is 21.6 Å². The number of aromatic nitrogens is 1. The second kappa shape index (κ2) is 7.24. The Morgan fingerprint density at radius 2 is 1.93 bits per heavy atom. The first-order valence-electron chi connectivity index (χ1n) is 8.42. The molecule has 1 aliphatic heterocycles. The number of benzene rings is 1. The van der Waals surface area contributed by atoms with E-state index in [0.29, 0.717) is 25.1 Å². The molecule has 0 bridgehead atoms. The average Bonchev–Trinajstić information content (AvgIpc) is 2.61. The molecule has 1 aromatic heterocycles. The Labute approximate surface area is 156 Å². The van der Waals surface area contributed by atoms with Crippen molar-refractivity contribution in [2.75, 3.05) is 24.7 Å². The van der Waals surface area contributed by atoms with Crippen molar-refractivity contribution in [1.82, 2.24) is 8.87 Å². The van der Waals surface area contributed by atoms with Crippen LogP contribution in [-0.2, 0) is 14.8 Å². The number of sulfonamides is 1. The van der Waals surface area contributed by atoms with E-state index in [0.717, 1.165) is 10.6 Å². The van der Waals surface area contributed by atoms with E-state index >= 15 is 0 Å². The van der Waals surface area contributed by atoms with E-state index in [4.69, 9.17) is 0 Å². The lowest BCUT2D eigenvalue weighted by Crippen LogP contribution is -2.53. The SMILES string of the molecule is CN(C1CCCN(c2ccc(-n3ccccc3=O)cc2F)C1=O)S(C)(=O)=O. The van der Waals surface area contributed by atoms with Crippen LogP contribution in [0.1, 0.15) is 12.8 Å². The summed E-state index contributed by atoms with van der Waals surface area (Å²) in [5, 5.41) is 0. The molecule has 1 atom stereocenters. The first-order valence-corrected chi connectivity index (χ1v) is 10.3. The van der Waals surface area contributed by atoms with Crippen molar-refractivity contribution < 1.29 is 17.6 Å². The Kier molecular flexibility index (Phi) is 5.16. The zero-order valence-corrected chi connectivity index (χ0v) is 15.8. The fourth-order valence-corrected chi connectivity index (χ4v) is 3.83. The van der Waals surface area contributed by atoms with Gasteiger partial charge in [-0.15, -0.1) is 0 Å². The highest BCUT2D eigenvalue weighted by atomic mass is 32.2. The third-order valence-corrected chi connectivity index (χ3v) is 6.00. The Balaban J connectivity index is 1.93. The quantitative estimate of drug-likeness (QED) is 0.786. The zero-order valence-electron chi connectivity index (χ0n) is 15.0. The summed E-state index contributed by atoms with van der Waals surface area (Å²) in [5.41, 5.74) is 0.115. The van der Waals surface area contributed by atoms with Crippen LogP contribution < -0.4 is 10.5 Å². The van der Waals surface area contributed by atoms with Crippen LogP contribution in [0.4, 0.5) is 10.1 Å². The zero-order chi connectivity index (χ0) is 19.8. The molecule has 0 aliphatic carbocycles. The monoisotopic (exact) mass is 393 g/mol. The summed E-state index contributed by atoms with van der Waals surface area (Å²) >= 11 is 0. The third kappa shape index (κ3) is 3.79. The van der Waals surface area contributed by atoms with E-state index < -0.39 is 27.8 Å². The molecular formula is C18H20FN3O4S. The van der Waals surface area contributed by atoms with E-state index in [1.807, 2.05) is 0 Å². The molecule has 1 aliphatic rings. The number of likely N-dealkylation sites (N-methyl/N-ethyl adjacent to an activating group) is 1. The van der Waals surface area contributed by atoms with Crippen molar-refractivity contribution in [1.29, 1.82) is 0 Å². The molecule has 144 valence electrons. The van der Waals surface area contributed by atoms with Crippen molar-refractivity contribution in [2.45, 2.75) is 18.9 Å². The molecule has 1 saturated heterocycles. The predicted octanol–water partition coefficient (Wildman–Crippen LogP) is 1.36. The van der Waals surface area contributed by atoms with E-state index in [1.54, 1.807) is 18.2 Å². The van der Waals surface area contributed by atoms with Gasteiger partial charge in [-0.25, -0.2) is 12.8 Å². The second-order valence-corrected chi connectivity index (χ2v) is 8.51. The van der Waals surface area contributed by atoms with Gasteiger partial charge in [-0.3, -0.25) is 14.2 Å². The minimum absolute atomic E-state index is 0.0688. The van der Waals surface area contributed by atoms with Gasteiger partial charge < -0.3 is 4.90 Å². The average molecular weight is 393 g/mol. The number of piperidine rings is 1. The van der Waals surface area contributed by atoms with Gasteiger partial charge in [0.15, 0.2) is 0 Å². The van der Waals surface area contributed by atoms with Gasteiger partial charge in [0.1, 0.15) is 11.9 Å². The molecule has 0 N–H and O–H groups in total. The summed E-state index contributed by atoms with van der Waals surface area (Å²) in [6.07, 6.45) is 3.50. The highest BCUT2D eigenvalue weighted by molar-refractivity contribution is 7.88. The van der Waals surface area contributed by atoms with Crippen molar-refractivity contribution in [3.05, 3.63) is 58.8 Å². The highest BCUT2D eigenvalue weighted by Crippen LogP contribution is 2.27. The van der Waals surface area contributed by atoms with E-state index in [2.05, 4.69) is 0 Å². The molecule has 7 nitrogen and oxygen atoms in total. The number of halogens is 1. The Morgan fingerprint density at radius 1 is 1.19 bits per heavy atom. The Bertz CT molecular complexity index is 1030. The lowest BCUT2D eigenvalue weighted by Gasteiger charge is -2.36. The summed E-state index contributed by atoms with van der Waals surface area (Å²) in [5.74, 6) is -1.11. The van der Waals surface area contributed by atoms with Crippen molar-refractivity contribution in [2.24, 2.45) is 0 Å². The number of anilines is 1. The lowest BCUT2D eigenvalue weighted by molar-refractivity contribution is -0.123. The molecule has 1 amide bonds. The standard InChI is InChI=1S/C18H20FN3O4S/c1-20(27(2,25)26)16-6-5-11-22(18(16)24)15-9-8-13(12-14(15)19)21-10-4-3-7-17(21)23/h3-4,7-10,12,16H,5-6,11H2,1-2H3. The van der Waals surface area contributed by atoms with Crippen LogP contribution in [-0.4, -0.2) is 49.1 Å². The number of amides is 1. The first kappa shape index (κ1) is 19.2. The normalized spacial score (nSPS) is 18.1. The van der Waals surface area contributed by atoms with Crippen LogP contribution >= 0.6 is 0 Å². The van der Waals surface area contributed by atoms with Gasteiger partial charge in [-0.2, -0.15) is 4.31 Å². The van der Waals surface area contributed by atoms with Crippen LogP contribution in [0.5, 0.6) is 0 Å². The summed E-state index contributed by atoms with van der Waals surface area (Å²) < 4.78 is 40.6. The lowest BCUT2D eigenvalue weighted by atomic mass is 10.0. The molecule has 3 rings (SSSR count). The van der Waals surface area contributed by atoms with E-state index in [1.165, 1.54) is 40.9 Å². The highest BCUT2D eigenvalue weighted by Gasteiger charge is 2.36. The first-order chi connectivity index (χ1) is 12.7. The summed E-state index contributed by atoms with van der Waals surface area (Å²) in [6, 6.07) is 7.94. The van der Waals surface area contributed by atoms with Gasteiger partial charge in [-0.05, 0) is 31.0 Å². The van der Waals surface area contributed by atoms with E-state index in [9.17, 15) is 22.4 Å². The van der Waals surface area contributed by atoms with Crippen LogP contribution in [0.3, 0.4) is 0 Å². The number of carbonyl (C=O) groups is 1. The number of nitrogens with zero attached hydrogens (tertiary/aromatic N) is 3. The van der Waals surface area contributed by atoms with Crippen LogP contribution in [0.2, 0.25) is 0 Å². The molecule has 2 heterocycles. The maximum absolute atomic E-state index is 14.7. The minimum atomic E-state index is -3.54. The number of hydrogen-bond donors (Lipinski definition) is 0. The smallest absolute Gasteiger partial charge is 0.255 e. The maximum atomic E-state index is 14.7. The van der Waals surface area contributed by atoms with Gasteiger partial charge in [0, 0.05) is 31.9 Å². The number of hydrogen-bond acceptors (Lipinski definition) is 4. The van der Waals surface area contributed by atoms with Gasteiger partial charge in [0.2, 0.25) is 15.9 Å². The van der Waals surface area contributed by atoms with Crippen molar-refractivity contribution in [3.8, 4) is 5.69 Å². The molecule has 1 aromatic carbocycles. The molecule has 0 radical (unpaired) electrons. The Morgan fingerprint density at radius 3 is 2.56 bits per heavy atom. The van der Waals surface area contributed by atoms with Gasteiger partial charge in [0.05, 0.1) is 17.6 Å². The molecular weight excluding hydrogens is 373 g/mol. The van der Waals surface area contributed by atoms with E-state index in [-0.39, 0.29) is 11.2 Å². The van der Waals surface area contributed by atoms with Gasteiger partial charge >= 0.3 is 0 Å². The number of carbonyl (C=O) groups excluding carboxylic acids is 1. The largest absolute Gasteiger partial charge is 0.308 e. The number of pyridine rings is 1. The molecule has 1 fully saturated rings. The molecule has 0 saturated carbocycles. The second-order valence-electron chi connectivity index (χ2n) is 6.47. The topological polar surface area (TPSA) is 79.7 Å². The molecule has 9 heteroatoms. The van der Waals surface area contributed by atoms with Gasteiger partial charge in [-0.1, -0.05) is 6.07 Å². The Hall–Kier alpha value is -2.52. The van der Waals surface area contributed by atoms with Crippen LogP contribution in [0.15, 0.2) is 47.4 Å².